The van der Waals surface area contributed by atoms with Crippen LogP contribution in [0.5, 0.6) is 0 Å². The number of nitrogens with zero attached hydrogens (tertiary/aromatic N) is 2. The highest BCUT2D eigenvalue weighted by atomic mass is 19.1. The van der Waals surface area contributed by atoms with E-state index >= 15 is 0 Å². The van der Waals surface area contributed by atoms with Gasteiger partial charge in [-0.2, -0.15) is 0 Å². The summed E-state index contributed by atoms with van der Waals surface area (Å²) in [5.74, 6) is 0.435. The molecule has 3 rings (SSSR count). The minimum Gasteiger partial charge on any atom is -0.299 e. The van der Waals surface area contributed by atoms with E-state index in [-0.39, 0.29) is 11.7 Å². The van der Waals surface area contributed by atoms with Crippen LogP contribution in [0.15, 0.2) is 54.6 Å². The van der Waals surface area contributed by atoms with Crippen LogP contribution in [0.2, 0.25) is 0 Å². The first kappa shape index (κ1) is 18.6. The highest BCUT2D eigenvalue weighted by molar-refractivity contribution is 5.81. The van der Waals surface area contributed by atoms with E-state index in [0.717, 1.165) is 34.2 Å². The van der Waals surface area contributed by atoms with E-state index in [4.69, 9.17) is 9.97 Å². The Morgan fingerprint density at radius 1 is 0.926 bits per heavy atom. The Bertz CT molecular complexity index is 975. The number of aromatic nitrogens is 2. The molecule has 27 heavy (non-hydrogen) atoms. The van der Waals surface area contributed by atoms with E-state index in [1.165, 1.54) is 18.2 Å². The zero-order chi connectivity index (χ0) is 19.4. The van der Waals surface area contributed by atoms with Gasteiger partial charge in [-0.3, -0.25) is 4.79 Å². The minimum atomic E-state index is -0.305. The van der Waals surface area contributed by atoms with Crippen molar-refractivity contribution in [3.05, 3.63) is 77.2 Å². The molecule has 1 heterocycles. The molecule has 0 saturated heterocycles. The predicted molar refractivity (Wildman–Crippen MR) is 107 cm³/mol. The fourth-order valence-corrected chi connectivity index (χ4v) is 2.89. The maximum atomic E-state index is 13.4. The van der Waals surface area contributed by atoms with Crippen molar-refractivity contribution < 1.29 is 9.18 Å². The summed E-state index contributed by atoms with van der Waals surface area (Å²) in [6.45, 7) is 6.13. The fraction of sp³-hybridized carbons (Fsp3) is 0.174. The molecule has 0 aliphatic heterocycles. The summed E-state index contributed by atoms with van der Waals surface area (Å²) in [6.07, 6.45) is 3.88. The van der Waals surface area contributed by atoms with Crippen molar-refractivity contribution in [2.45, 2.75) is 26.7 Å². The second kappa shape index (κ2) is 8.04. The third kappa shape index (κ3) is 4.17. The number of aryl methyl sites for hydroxylation is 1. The molecule has 1 aromatic heterocycles. The number of hydrogen-bond donors (Lipinski definition) is 0. The van der Waals surface area contributed by atoms with E-state index in [2.05, 4.69) is 0 Å². The summed E-state index contributed by atoms with van der Waals surface area (Å²) in [5, 5.41) is 0. The van der Waals surface area contributed by atoms with Gasteiger partial charge in [-0.15, -0.1) is 0 Å². The van der Waals surface area contributed by atoms with Crippen molar-refractivity contribution in [1.82, 2.24) is 9.97 Å². The van der Waals surface area contributed by atoms with Gasteiger partial charge in [0.15, 0.2) is 5.82 Å². The van der Waals surface area contributed by atoms with Crippen LogP contribution in [0.25, 0.3) is 28.7 Å². The van der Waals surface area contributed by atoms with Gasteiger partial charge >= 0.3 is 0 Å². The number of benzene rings is 2. The van der Waals surface area contributed by atoms with Crippen LogP contribution in [0.1, 0.15) is 36.6 Å². The van der Waals surface area contributed by atoms with Crippen LogP contribution >= 0.6 is 0 Å². The van der Waals surface area contributed by atoms with Crippen molar-refractivity contribution in [3.8, 4) is 22.6 Å². The van der Waals surface area contributed by atoms with Gasteiger partial charge in [0.05, 0.1) is 11.4 Å². The molecule has 0 bridgehead atoms. The van der Waals surface area contributed by atoms with Crippen LogP contribution in [0.3, 0.4) is 0 Å². The van der Waals surface area contributed by atoms with Crippen molar-refractivity contribution in [1.29, 1.82) is 0 Å². The van der Waals surface area contributed by atoms with Crippen molar-refractivity contribution in [3.63, 3.8) is 0 Å². The lowest BCUT2D eigenvalue weighted by Crippen LogP contribution is -2.05. The molecule has 3 nitrogen and oxygen atoms in total. The molecule has 4 heteroatoms. The van der Waals surface area contributed by atoms with Crippen molar-refractivity contribution >= 4 is 12.4 Å². The summed E-state index contributed by atoms with van der Waals surface area (Å²) in [7, 11) is 0. The Hall–Kier alpha value is -3.14. The molecular formula is C23H21FN2O. The highest BCUT2D eigenvalue weighted by Crippen LogP contribution is 2.31. The first-order valence-corrected chi connectivity index (χ1v) is 8.86. The van der Waals surface area contributed by atoms with Crippen molar-refractivity contribution in [2.75, 3.05) is 0 Å². The molecular weight excluding hydrogens is 339 g/mol. The number of aldehydes is 1. The number of hydrogen-bond acceptors (Lipinski definition) is 3. The molecule has 2 aromatic carbocycles. The summed E-state index contributed by atoms with van der Waals surface area (Å²) in [4.78, 5) is 20.4. The highest BCUT2D eigenvalue weighted by Gasteiger charge is 2.17. The number of carbonyl (C=O) groups excluding carboxylic acids is 1. The summed E-state index contributed by atoms with van der Waals surface area (Å²) >= 11 is 0. The average molecular weight is 360 g/mol. The molecule has 0 atom stereocenters. The van der Waals surface area contributed by atoms with Gasteiger partial charge in [0.2, 0.25) is 0 Å². The Kier molecular flexibility index (Phi) is 5.55. The van der Waals surface area contributed by atoms with E-state index in [1.807, 2.05) is 45.0 Å². The van der Waals surface area contributed by atoms with Crippen molar-refractivity contribution in [2.24, 2.45) is 0 Å². The van der Waals surface area contributed by atoms with E-state index in [0.29, 0.717) is 11.5 Å². The van der Waals surface area contributed by atoms with Gasteiger partial charge in [-0.25, -0.2) is 14.4 Å². The van der Waals surface area contributed by atoms with Crippen LogP contribution in [0, 0.1) is 12.7 Å². The summed E-state index contributed by atoms with van der Waals surface area (Å²) in [6, 6.07) is 14.2. The second-order valence-corrected chi connectivity index (χ2v) is 6.72. The number of halogens is 1. The fourth-order valence-electron chi connectivity index (χ4n) is 2.89. The van der Waals surface area contributed by atoms with Gasteiger partial charge in [0.25, 0.3) is 0 Å². The quantitative estimate of drug-likeness (QED) is 0.440. The van der Waals surface area contributed by atoms with Gasteiger partial charge in [-0.05, 0) is 49.3 Å². The Morgan fingerprint density at radius 3 is 2.15 bits per heavy atom. The molecule has 3 aromatic rings. The topological polar surface area (TPSA) is 42.9 Å². The van der Waals surface area contributed by atoms with E-state index in [1.54, 1.807) is 18.2 Å². The Morgan fingerprint density at radius 2 is 1.56 bits per heavy atom. The molecule has 0 spiro atoms. The molecule has 0 aliphatic rings. The lowest BCUT2D eigenvalue weighted by molar-refractivity contribution is -0.104. The second-order valence-electron chi connectivity index (χ2n) is 6.72. The Labute approximate surface area is 158 Å². The lowest BCUT2D eigenvalue weighted by atomic mass is 9.97. The zero-order valence-corrected chi connectivity index (χ0v) is 15.6. The smallest absolute Gasteiger partial charge is 0.160 e. The number of allylic oxidation sites excluding steroid dienone is 1. The largest absolute Gasteiger partial charge is 0.299 e. The minimum absolute atomic E-state index is 0.127. The molecule has 0 saturated carbocycles. The summed E-state index contributed by atoms with van der Waals surface area (Å²) < 4.78 is 13.4. The van der Waals surface area contributed by atoms with Crippen LogP contribution in [-0.4, -0.2) is 16.3 Å². The van der Waals surface area contributed by atoms with E-state index < -0.39 is 0 Å². The Balaban J connectivity index is 2.28. The van der Waals surface area contributed by atoms with Gasteiger partial charge in [0, 0.05) is 16.7 Å². The van der Waals surface area contributed by atoms with Gasteiger partial charge in [-0.1, -0.05) is 43.7 Å². The standard InChI is InChI=1S/C23H21FN2O/c1-15(2)21-20(5-4-14-27)22(17-10-12-19(24)13-11-17)26-23(25-21)18-8-6-16(3)7-9-18/h4-15H,1-3H3. The number of carbonyl (C=O) groups is 1. The van der Waals surface area contributed by atoms with Crippen LogP contribution in [0.4, 0.5) is 4.39 Å². The van der Waals surface area contributed by atoms with Gasteiger partial charge in [0.1, 0.15) is 12.1 Å². The molecule has 0 radical (unpaired) electrons. The number of rotatable bonds is 5. The molecule has 0 unspecified atom stereocenters. The monoisotopic (exact) mass is 360 g/mol. The molecule has 136 valence electrons. The average Bonchev–Trinajstić information content (AvgIpc) is 2.67. The van der Waals surface area contributed by atoms with E-state index in [9.17, 15) is 9.18 Å². The zero-order valence-electron chi connectivity index (χ0n) is 15.6. The first-order valence-electron chi connectivity index (χ1n) is 8.86. The maximum absolute atomic E-state index is 13.4. The van der Waals surface area contributed by atoms with Crippen LogP contribution in [-0.2, 0) is 4.79 Å². The maximum Gasteiger partial charge on any atom is 0.160 e. The SMILES string of the molecule is Cc1ccc(-c2nc(-c3ccc(F)cc3)c(C=CC=O)c(C(C)C)n2)cc1. The van der Waals surface area contributed by atoms with Gasteiger partial charge < -0.3 is 0 Å². The predicted octanol–water partition coefficient (Wildman–Crippen LogP) is 5.59. The normalized spacial score (nSPS) is 11.3. The molecule has 0 aliphatic carbocycles. The third-order valence-corrected chi connectivity index (χ3v) is 4.29. The first-order chi connectivity index (χ1) is 13.0. The third-order valence-electron chi connectivity index (χ3n) is 4.29. The molecule has 0 amide bonds. The molecule has 0 fully saturated rings. The summed E-state index contributed by atoms with van der Waals surface area (Å²) in [5.41, 5.74) is 5.16. The van der Waals surface area contributed by atoms with Crippen LogP contribution < -0.4 is 0 Å². The molecule has 0 N–H and O–H groups in total. The lowest BCUT2D eigenvalue weighted by Gasteiger charge is -2.16.